The van der Waals surface area contributed by atoms with Crippen LogP contribution in [0.25, 0.3) is 0 Å². The first-order valence-corrected chi connectivity index (χ1v) is 11.1. The number of methoxy groups -OCH3 is 1. The number of carbonyl (C=O) groups excluding carboxylic acids is 1. The summed E-state index contributed by atoms with van der Waals surface area (Å²) in [5.41, 5.74) is 0.792. The van der Waals surface area contributed by atoms with Crippen LogP contribution in [0, 0.1) is 0 Å². The van der Waals surface area contributed by atoms with Crippen LogP contribution in [0.1, 0.15) is 25.7 Å². The molecule has 7 nitrogen and oxygen atoms in total. The molecular formula is C21H28N4O3S. The van der Waals surface area contributed by atoms with Crippen LogP contribution in [0.15, 0.2) is 35.8 Å². The van der Waals surface area contributed by atoms with Gasteiger partial charge in [0.1, 0.15) is 11.9 Å². The van der Waals surface area contributed by atoms with E-state index >= 15 is 0 Å². The number of rotatable bonds is 5. The molecule has 0 radical (unpaired) electrons. The largest absolute Gasteiger partial charge is 0.497 e. The molecule has 29 heavy (non-hydrogen) atoms. The van der Waals surface area contributed by atoms with Gasteiger partial charge in [0.25, 0.3) is 5.19 Å². The van der Waals surface area contributed by atoms with Gasteiger partial charge in [0.2, 0.25) is 0 Å². The van der Waals surface area contributed by atoms with Crippen LogP contribution in [0.2, 0.25) is 0 Å². The second-order valence-electron chi connectivity index (χ2n) is 7.53. The van der Waals surface area contributed by atoms with Crippen LogP contribution in [0.4, 0.5) is 10.5 Å². The smallest absolute Gasteiger partial charge is 0.321 e. The number of piperidine rings is 2. The molecule has 0 bridgehead atoms. The van der Waals surface area contributed by atoms with Gasteiger partial charge in [0.15, 0.2) is 0 Å². The molecule has 1 N–H and O–H groups in total. The van der Waals surface area contributed by atoms with Gasteiger partial charge < -0.3 is 19.7 Å². The van der Waals surface area contributed by atoms with Crippen molar-refractivity contribution in [2.75, 3.05) is 38.6 Å². The third kappa shape index (κ3) is 5.19. The maximum Gasteiger partial charge on any atom is 0.321 e. The van der Waals surface area contributed by atoms with Crippen molar-refractivity contribution in [1.82, 2.24) is 14.8 Å². The molecule has 1 aromatic heterocycles. The first-order valence-electron chi connectivity index (χ1n) is 10.2. The van der Waals surface area contributed by atoms with E-state index < -0.39 is 0 Å². The molecule has 0 atom stereocenters. The van der Waals surface area contributed by atoms with E-state index in [0.717, 1.165) is 68.5 Å². The quantitative estimate of drug-likeness (QED) is 0.805. The predicted molar refractivity (Wildman–Crippen MR) is 114 cm³/mol. The van der Waals surface area contributed by atoms with Crippen molar-refractivity contribution >= 4 is 23.1 Å². The number of amides is 2. The second-order valence-corrected chi connectivity index (χ2v) is 8.39. The van der Waals surface area contributed by atoms with Gasteiger partial charge in [-0.15, -0.1) is 0 Å². The van der Waals surface area contributed by atoms with Crippen LogP contribution in [-0.4, -0.2) is 66.2 Å². The number of urea groups is 1. The number of thiazole rings is 1. The van der Waals surface area contributed by atoms with Gasteiger partial charge in [-0.05, 0) is 49.9 Å². The Morgan fingerprint density at radius 2 is 1.83 bits per heavy atom. The summed E-state index contributed by atoms with van der Waals surface area (Å²) in [4.78, 5) is 21.2. The Balaban J connectivity index is 1.19. The first kappa shape index (κ1) is 20.0. The topological polar surface area (TPSA) is 66.9 Å². The highest BCUT2D eigenvalue weighted by Crippen LogP contribution is 2.25. The molecule has 2 amide bonds. The lowest BCUT2D eigenvalue weighted by molar-refractivity contribution is 0.0544. The van der Waals surface area contributed by atoms with Crippen molar-refractivity contribution < 1.29 is 14.3 Å². The summed E-state index contributed by atoms with van der Waals surface area (Å²) in [7, 11) is 1.63. The lowest BCUT2D eigenvalue weighted by atomic mass is 9.99. The number of anilines is 1. The molecule has 0 aliphatic carbocycles. The Hall–Kier alpha value is -2.32. The predicted octanol–water partition coefficient (Wildman–Crippen LogP) is 3.69. The molecule has 2 aromatic rings. The van der Waals surface area contributed by atoms with Crippen LogP contribution in [0.5, 0.6) is 10.9 Å². The molecule has 2 fully saturated rings. The van der Waals surface area contributed by atoms with Crippen LogP contribution >= 0.6 is 11.3 Å². The van der Waals surface area contributed by atoms with E-state index in [1.165, 1.54) is 0 Å². The number of carbonyl (C=O) groups is 1. The lowest BCUT2D eigenvalue weighted by Gasteiger charge is -2.41. The van der Waals surface area contributed by atoms with Crippen molar-refractivity contribution in [2.24, 2.45) is 0 Å². The van der Waals surface area contributed by atoms with Crippen molar-refractivity contribution in [1.29, 1.82) is 0 Å². The number of likely N-dealkylation sites (tertiary alicyclic amines) is 2. The number of hydrogen-bond donors (Lipinski definition) is 1. The van der Waals surface area contributed by atoms with Crippen molar-refractivity contribution in [3.63, 3.8) is 0 Å². The zero-order chi connectivity index (χ0) is 20.1. The van der Waals surface area contributed by atoms with E-state index in [9.17, 15) is 4.79 Å². The molecule has 2 saturated heterocycles. The fourth-order valence-electron chi connectivity index (χ4n) is 4.08. The molecule has 0 unspecified atom stereocenters. The van der Waals surface area contributed by atoms with Gasteiger partial charge in [-0.1, -0.05) is 11.3 Å². The molecule has 4 rings (SSSR count). The minimum atomic E-state index is -0.0239. The van der Waals surface area contributed by atoms with Gasteiger partial charge in [-0.25, -0.2) is 9.78 Å². The van der Waals surface area contributed by atoms with E-state index in [2.05, 4.69) is 15.2 Å². The third-order valence-electron chi connectivity index (χ3n) is 5.76. The van der Waals surface area contributed by atoms with Crippen LogP contribution < -0.4 is 14.8 Å². The first-order chi connectivity index (χ1) is 14.2. The average molecular weight is 417 g/mol. The van der Waals surface area contributed by atoms with Crippen molar-refractivity contribution in [3.8, 4) is 10.9 Å². The highest BCUT2D eigenvalue weighted by atomic mass is 32.1. The van der Waals surface area contributed by atoms with E-state index in [1.54, 1.807) is 24.6 Å². The molecule has 1 aromatic carbocycles. The zero-order valence-electron chi connectivity index (χ0n) is 16.8. The standard InChI is InChI=1S/C21H28N4O3S/c1-27-18-4-2-16(3-5-18)23-20(26)25-11-6-17(7-12-25)24-13-8-19(9-14-24)28-21-22-10-15-29-21/h2-5,10,15,17,19H,6-9,11-14H2,1H3,(H,23,26). The fraction of sp³-hybridized carbons (Fsp3) is 0.524. The third-order valence-corrected chi connectivity index (χ3v) is 6.42. The lowest BCUT2D eigenvalue weighted by Crippen LogP contribution is -2.50. The van der Waals surface area contributed by atoms with E-state index in [0.29, 0.717) is 6.04 Å². The number of nitrogens with zero attached hydrogens (tertiary/aromatic N) is 3. The van der Waals surface area contributed by atoms with E-state index in [1.807, 2.05) is 34.5 Å². The van der Waals surface area contributed by atoms with Crippen LogP contribution in [-0.2, 0) is 0 Å². The highest BCUT2D eigenvalue weighted by Gasteiger charge is 2.30. The maximum atomic E-state index is 12.5. The van der Waals surface area contributed by atoms with Gasteiger partial charge in [0.05, 0.1) is 7.11 Å². The molecule has 0 saturated carbocycles. The fourth-order valence-corrected chi connectivity index (χ4v) is 4.63. The van der Waals surface area contributed by atoms with Crippen molar-refractivity contribution in [2.45, 2.75) is 37.8 Å². The molecule has 2 aliphatic heterocycles. The minimum Gasteiger partial charge on any atom is -0.497 e. The summed E-state index contributed by atoms with van der Waals surface area (Å²) >= 11 is 1.55. The number of nitrogens with one attached hydrogen (secondary N) is 1. The van der Waals surface area contributed by atoms with E-state index in [-0.39, 0.29) is 12.1 Å². The number of hydrogen-bond acceptors (Lipinski definition) is 6. The number of aromatic nitrogens is 1. The summed E-state index contributed by atoms with van der Waals surface area (Å²) < 4.78 is 11.1. The second kappa shape index (κ2) is 9.45. The summed E-state index contributed by atoms with van der Waals surface area (Å²) in [6.07, 6.45) is 6.18. The average Bonchev–Trinajstić information content (AvgIpc) is 3.28. The zero-order valence-corrected chi connectivity index (χ0v) is 17.6. The van der Waals surface area contributed by atoms with Gasteiger partial charge >= 0.3 is 6.03 Å². The van der Waals surface area contributed by atoms with Gasteiger partial charge in [-0.3, -0.25) is 4.90 Å². The highest BCUT2D eigenvalue weighted by molar-refractivity contribution is 7.11. The summed E-state index contributed by atoms with van der Waals surface area (Å²) in [6, 6.07) is 7.96. The minimum absolute atomic E-state index is 0.0239. The monoisotopic (exact) mass is 416 g/mol. The summed E-state index contributed by atoms with van der Waals surface area (Å²) in [6.45, 7) is 3.70. The molecule has 156 valence electrons. The normalized spacial score (nSPS) is 19.1. The molecule has 0 spiro atoms. The molecule has 8 heteroatoms. The van der Waals surface area contributed by atoms with E-state index in [4.69, 9.17) is 9.47 Å². The number of ether oxygens (including phenoxy) is 2. The number of benzene rings is 1. The Morgan fingerprint density at radius 1 is 1.10 bits per heavy atom. The Labute approximate surface area is 175 Å². The maximum absolute atomic E-state index is 12.5. The molecular weight excluding hydrogens is 388 g/mol. The van der Waals surface area contributed by atoms with Gasteiger partial charge in [0, 0.05) is 49.5 Å². The Kier molecular flexibility index (Phi) is 6.51. The summed E-state index contributed by atoms with van der Waals surface area (Å²) in [5.74, 6) is 0.782. The Bertz CT molecular complexity index is 768. The van der Waals surface area contributed by atoms with Crippen molar-refractivity contribution in [3.05, 3.63) is 35.8 Å². The summed E-state index contributed by atoms with van der Waals surface area (Å²) in [5, 5.41) is 5.71. The molecule has 2 aliphatic rings. The van der Waals surface area contributed by atoms with Crippen LogP contribution in [0.3, 0.4) is 0 Å². The molecule has 3 heterocycles. The Morgan fingerprint density at radius 3 is 2.45 bits per heavy atom. The van der Waals surface area contributed by atoms with Gasteiger partial charge in [-0.2, -0.15) is 0 Å². The SMILES string of the molecule is COc1ccc(NC(=O)N2CCC(N3CCC(Oc4nccs4)CC3)CC2)cc1.